The summed E-state index contributed by atoms with van der Waals surface area (Å²) >= 11 is 3.19. The predicted molar refractivity (Wildman–Crippen MR) is 115 cm³/mol. The topological polar surface area (TPSA) is 41.4 Å². The van der Waals surface area contributed by atoms with Gasteiger partial charge < -0.3 is 4.90 Å². The summed E-state index contributed by atoms with van der Waals surface area (Å²) in [5.74, 6) is 0.916. The van der Waals surface area contributed by atoms with E-state index in [2.05, 4.69) is 46.6 Å². The van der Waals surface area contributed by atoms with Crippen molar-refractivity contribution in [2.24, 2.45) is 5.92 Å². The standard InChI is InChI=1S/C21H30BrFN4O/c1-5-7-19(26-9-8-25(4)12-14(3)13-26)20-24-18-11-17(23)16(22)10-15(18)21(28)27(20)6-2/h10-11,14,19H,5-9,12-13H2,1-4H3/t14-,19-/m0/s1. The minimum Gasteiger partial charge on any atom is -0.305 e. The number of hydrogen-bond acceptors (Lipinski definition) is 4. The van der Waals surface area contributed by atoms with Crippen LogP contribution in [0.15, 0.2) is 21.4 Å². The minimum absolute atomic E-state index is 0.0581. The molecule has 1 aromatic carbocycles. The zero-order valence-electron chi connectivity index (χ0n) is 17.2. The molecule has 154 valence electrons. The Morgan fingerprint density at radius 2 is 2.04 bits per heavy atom. The molecule has 3 rings (SSSR count). The second kappa shape index (κ2) is 9.01. The number of hydrogen-bond donors (Lipinski definition) is 0. The molecule has 0 amide bonds. The lowest BCUT2D eigenvalue weighted by Crippen LogP contribution is -2.38. The lowest BCUT2D eigenvalue weighted by atomic mass is 10.1. The smallest absolute Gasteiger partial charge is 0.261 e. The van der Waals surface area contributed by atoms with E-state index in [1.54, 1.807) is 10.6 Å². The van der Waals surface area contributed by atoms with Crippen molar-refractivity contribution in [1.82, 2.24) is 19.4 Å². The van der Waals surface area contributed by atoms with Crippen LogP contribution in [0.4, 0.5) is 4.39 Å². The third-order valence-electron chi connectivity index (χ3n) is 5.58. The molecule has 5 nitrogen and oxygen atoms in total. The molecule has 0 saturated carbocycles. The van der Waals surface area contributed by atoms with E-state index in [1.807, 2.05) is 6.92 Å². The third kappa shape index (κ3) is 4.31. The van der Waals surface area contributed by atoms with E-state index in [0.29, 0.717) is 27.8 Å². The first-order valence-corrected chi connectivity index (χ1v) is 11.0. The van der Waals surface area contributed by atoms with Crippen LogP contribution in [0.1, 0.15) is 45.5 Å². The van der Waals surface area contributed by atoms with Crippen LogP contribution in [0.2, 0.25) is 0 Å². The Bertz CT molecular complexity index is 900. The summed E-state index contributed by atoms with van der Waals surface area (Å²) in [7, 11) is 2.16. The van der Waals surface area contributed by atoms with E-state index >= 15 is 0 Å². The molecule has 1 aliphatic heterocycles. The molecule has 2 atom stereocenters. The van der Waals surface area contributed by atoms with Crippen molar-refractivity contribution in [3.63, 3.8) is 0 Å². The molecule has 0 radical (unpaired) electrons. The Balaban J connectivity index is 2.14. The fourth-order valence-corrected chi connectivity index (χ4v) is 4.64. The van der Waals surface area contributed by atoms with Crippen molar-refractivity contribution in [2.75, 3.05) is 33.2 Å². The predicted octanol–water partition coefficient (Wildman–Crippen LogP) is 4.04. The number of rotatable bonds is 5. The maximum Gasteiger partial charge on any atom is 0.261 e. The van der Waals surface area contributed by atoms with Gasteiger partial charge in [0, 0.05) is 38.8 Å². The first-order valence-electron chi connectivity index (χ1n) is 10.2. The summed E-state index contributed by atoms with van der Waals surface area (Å²) < 4.78 is 16.2. The molecule has 1 fully saturated rings. The average molecular weight is 453 g/mol. The quantitative estimate of drug-likeness (QED) is 0.686. The van der Waals surface area contributed by atoms with Gasteiger partial charge in [0.2, 0.25) is 0 Å². The van der Waals surface area contributed by atoms with Crippen LogP contribution in [0.25, 0.3) is 10.9 Å². The number of fused-ring (bicyclic) bond motifs is 1. The Hall–Kier alpha value is -1.31. The van der Waals surface area contributed by atoms with Crippen LogP contribution in [-0.2, 0) is 6.54 Å². The Morgan fingerprint density at radius 1 is 1.29 bits per heavy atom. The largest absolute Gasteiger partial charge is 0.305 e. The van der Waals surface area contributed by atoms with Gasteiger partial charge in [-0.3, -0.25) is 14.3 Å². The van der Waals surface area contributed by atoms with Crippen molar-refractivity contribution in [1.29, 1.82) is 0 Å². The third-order valence-corrected chi connectivity index (χ3v) is 6.19. The fraction of sp³-hybridized carbons (Fsp3) is 0.619. The summed E-state index contributed by atoms with van der Waals surface area (Å²) in [6, 6.07) is 2.97. The zero-order valence-corrected chi connectivity index (χ0v) is 18.8. The molecule has 0 N–H and O–H groups in total. The highest BCUT2D eigenvalue weighted by Crippen LogP contribution is 2.28. The van der Waals surface area contributed by atoms with E-state index in [4.69, 9.17) is 4.98 Å². The van der Waals surface area contributed by atoms with Gasteiger partial charge in [-0.25, -0.2) is 9.37 Å². The summed E-state index contributed by atoms with van der Waals surface area (Å²) in [4.78, 5) is 22.8. The molecular weight excluding hydrogens is 423 g/mol. The van der Waals surface area contributed by atoms with Gasteiger partial charge in [0.15, 0.2) is 0 Å². The van der Waals surface area contributed by atoms with Crippen molar-refractivity contribution in [3.8, 4) is 0 Å². The molecule has 1 aliphatic rings. The van der Waals surface area contributed by atoms with Gasteiger partial charge in [-0.1, -0.05) is 20.3 Å². The molecule has 1 saturated heterocycles. The molecule has 28 heavy (non-hydrogen) atoms. The van der Waals surface area contributed by atoms with Gasteiger partial charge in [-0.15, -0.1) is 0 Å². The fourth-order valence-electron chi connectivity index (χ4n) is 4.30. The van der Waals surface area contributed by atoms with Crippen LogP contribution >= 0.6 is 15.9 Å². The summed E-state index contributed by atoms with van der Waals surface area (Å²) in [5.41, 5.74) is 0.343. The Kier molecular flexibility index (Phi) is 6.89. The Morgan fingerprint density at radius 3 is 2.71 bits per heavy atom. The molecule has 0 unspecified atom stereocenters. The van der Waals surface area contributed by atoms with Gasteiger partial charge in [0.05, 0.1) is 21.4 Å². The molecule has 0 bridgehead atoms. The summed E-state index contributed by atoms with van der Waals surface area (Å²) in [5, 5.41) is 0.457. The van der Waals surface area contributed by atoms with Crippen molar-refractivity contribution < 1.29 is 4.39 Å². The maximum atomic E-state index is 14.1. The molecule has 0 spiro atoms. The van der Waals surface area contributed by atoms with Gasteiger partial charge in [0.25, 0.3) is 5.56 Å². The van der Waals surface area contributed by atoms with E-state index < -0.39 is 5.82 Å². The van der Waals surface area contributed by atoms with Crippen LogP contribution in [0.5, 0.6) is 0 Å². The number of likely N-dealkylation sites (N-methyl/N-ethyl adjacent to an activating group) is 1. The van der Waals surface area contributed by atoms with Crippen LogP contribution < -0.4 is 5.56 Å². The molecule has 7 heteroatoms. The summed E-state index contributed by atoms with van der Waals surface area (Å²) in [6.07, 6.45) is 1.92. The number of halogens is 2. The van der Waals surface area contributed by atoms with E-state index in [9.17, 15) is 9.18 Å². The molecule has 1 aromatic heterocycles. The lowest BCUT2D eigenvalue weighted by Gasteiger charge is -2.32. The Labute approximate surface area is 174 Å². The van der Waals surface area contributed by atoms with Crippen molar-refractivity contribution >= 4 is 26.8 Å². The highest BCUT2D eigenvalue weighted by Gasteiger charge is 2.28. The minimum atomic E-state index is -0.392. The van der Waals surface area contributed by atoms with Crippen molar-refractivity contribution in [2.45, 2.75) is 46.2 Å². The van der Waals surface area contributed by atoms with E-state index in [1.165, 1.54) is 6.07 Å². The highest BCUT2D eigenvalue weighted by molar-refractivity contribution is 9.10. The monoisotopic (exact) mass is 452 g/mol. The SMILES string of the molecule is CCC[C@@H](c1nc2cc(F)c(Br)cc2c(=O)n1CC)N1CCN(C)C[C@H](C)C1. The van der Waals surface area contributed by atoms with Crippen molar-refractivity contribution in [3.05, 3.63) is 38.6 Å². The first kappa shape index (κ1) is 21.4. The van der Waals surface area contributed by atoms with Gasteiger partial charge >= 0.3 is 0 Å². The van der Waals surface area contributed by atoms with E-state index in [-0.39, 0.29) is 11.6 Å². The maximum absolute atomic E-state index is 14.1. The second-order valence-electron chi connectivity index (χ2n) is 7.97. The number of nitrogens with zero attached hydrogens (tertiary/aromatic N) is 4. The molecule has 2 heterocycles. The van der Waals surface area contributed by atoms with Gasteiger partial charge in [0.1, 0.15) is 11.6 Å². The van der Waals surface area contributed by atoms with Crippen LogP contribution in [0.3, 0.4) is 0 Å². The lowest BCUT2D eigenvalue weighted by molar-refractivity contribution is 0.167. The first-order chi connectivity index (χ1) is 13.3. The number of benzene rings is 1. The second-order valence-corrected chi connectivity index (χ2v) is 8.82. The molecule has 2 aromatic rings. The highest BCUT2D eigenvalue weighted by atomic mass is 79.9. The zero-order chi connectivity index (χ0) is 20.4. The average Bonchev–Trinajstić information content (AvgIpc) is 2.81. The van der Waals surface area contributed by atoms with Crippen LogP contribution in [0, 0.1) is 11.7 Å². The van der Waals surface area contributed by atoms with Gasteiger partial charge in [-0.2, -0.15) is 0 Å². The van der Waals surface area contributed by atoms with Gasteiger partial charge in [-0.05, 0) is 48.3 Å². The molecular formula is C21H30BrFN4O. The van der Waals surface area contributed by atoms with E-state index in [0.717, 1.165) is 44.8 Å². The summed E-state index contributed by atoms with van der Waals surface area (Å²) in [6.45, 7) is 10.9. The molecule has 0 aliphatic carbocycles. The number of aromatic nitrogens is 2. The normalized spacial score (nSPS) is 20.4. The van der Waals surface area contributed by atoms with Crippen LogP contribution in [-0.4, -0.2) is 52.6 Å².